The normalized spacial score (nSPS) is 10.9. The predicted octanol–water partition coefficient (Wildman–Crippen LogP) is -2.51. The number of carboxylic acid groups (broad SMARTS) is 2. The first kappa shape index (κ1) is 44.6. The van der Waals surface area contributed by atoms with Crippen molar-refractivity contribution in [2.24, 2.45) is 0 Å². The quantitative estimate of drug-likeness (QED) is 0.250. The van der Waals surface area contributed by atoms with Crippen LogP contribution in [-0.2, 0) is 13.7 Å². The second-order valence-electron chi connectivity index (χ2n) is 2.05. The zero-order valence-corrected chi connectivity index (χ0v) is 9.67. The van der Waals surface area contributed by atoms with Gasteiger partial charge in [-0.3, -0.25) is 0 Å². The van der Waals surface area contributed by atoms with Gasteiger partial charge in [-0.15, -0.1) is 0 Å². The van der Waals surface area contributed by atoms with E-state index >= 15 is 0 Å². The van der Waals surface area contributed by atoms with Gasteiger partial charge in [0.1, 0.15) is 0 Å². The Morgan fingerprint density at radius 2 is 1.10 bits per heavy atom. The Labute approximate surface area is 231 Å². The molecule has 0 aromatic carbocycles. The summed E-state index contributed by atoms with van der Waals surface area (Å²) in [4.78, 5) is 42.6. The van der Waals surface area contributed by atoms with Gasteiger partial charge in [0.05, 0.1) is 6.61 Å². The third-order valence-electron chi connectivity index (χ3n) is 0.795. The molecule has 17 heteroatoms. The predicted molar refractivity (Wildman–Crippen MR) is 85.3 cm³/mol. The van der Waals surface area contributed by atoms with Crippen LogP contribution in [0.25, 0.3) is 0 Å². The molecular formula is C4H15Na5O10P2. The molecule has 5 N–H and O–H groups in total. The van der Waals surface area contributed by atoms with Gasteiger partial charge in [-0.2, -0.15) is 0 Å². The van der Waals surface area contributed by atoms with Crippen LogP contribution in [0.5, 0.6) is 0 Å². The Hall–Kier alpha value is 4.24. The number of hydrogen-bond acceptors (Lipinski definition) is 5. The molecule has 0 aliphatic rings. The Morgan fingerprint density at radius 1 is 0.857 bits per heavy atom. The fourth-order valence-corrected chi connectivity index (χ4v) is 0.691. The van der Waals surface area contributed by atoms with E-state index in [1.54, 1.807) is 0 Å². The molecule has 0 saturated heterocycles. The number of carbonyl (C=O) groups is 2. The van der Waals surface area contributed by atoms with Crippen LogP contribution in [0.3, 0.4) is 0 Å². The summed E-state index contributed by atoms with van der Waals surface area (Å²) in [6, 6.07) is 0. The molecule has 0 radical (unpaired) electrons. The van der Waals surface area contributed by atoms with Gasteiger partial charge in [0.2, 0.25) is 0 Å². The van der Waals surface area contributed by atoms with Crippen molar-refractivity contribution < 1.29 is 48.1 Å². The Morgan fingerprint density at radius 3 is 1.14 bits per heavy atom. The molecule has 106 valence electrons. The third-order valence-corrected chi connectivity index (χ3v) is 2.39. The van der Waals surface area contributed by atoms with E-state index in [2.05, 4.69) is 4.52 Å². The van der Waals surface area contributed by atoms with Gasteiger partial charge < -0.3 is 29.4 Å². The molecule has 0 aromatic heterocycles. The van der Waals surface area contributed by atoms with Crippen molar-refractivity contribution in [3.05, 3.63) is 0 Å². The fourth-order valence-electron chi connectivity index (χ4n) is 0.230. The van der Waals surface area contributed by atoms with Crippen LogP contribution in [-0.4, -0.2) is 191 Å². The maximum atomic E-state index is 10.2. The molecule has 0 saturated carbocycles. The van der Waals surface area contributed by atoms with Crippen LogP contribution in [0.15, 0.2) is 0 Å². The van der Waals surface area contributed by atoms with Crippen LogP contribution in [0.1, 0.15) is 6.92 Å². The van der Waals surface area contributed by atoms with Crippen LogP contribution >= 0.6 is 15.2 Å². The van der Waals surface area contributed by atoms with Gasteiger partial charge in [0.25, 0.3) is 0 Å². The van der Waals surface area contributed by atoms with Crippen LogP contribution in [0.2, 0.25) is 0 Å². The first-order valence-electron chi connectivity index (χ1n) is 3.45. The van der Waals surface area contributed by atoms with Crippen molar-refractivity contribution in [3.63, 3.8) is 0 Å². The second-order valence-corrected chi connectivity index (χ2v) is 5.20. The van der Waals surface area contributed by atoms with Crippen molar-refractivity contribution >= 4 is 174 Å². The molecular weight excluding hydrogens is 385 g/mol. The molecule has 0 heterocycles. The first-order valence-corrected chi connectivity index (χ1v) is 6.64. The summed E-state index contributed by atoms with van der Waals surface area (Å²) in [5, 5.41) is 15.4. The van der Waals surface area contributed by atoms with Gasteiger partial charge in [-0.05, 0) is 6.92 Å². The van der Waals surface area contributed by atoms with Gasteiger partial charge in [-0.25, -0.2) is 18.7 Å². The van der Waals surface area contributed by atoms with E-state index in [0.29, 0.717) is 0 Å². The monoisotopic (exact) mass is 400 g/mol. The van der Waals surface area contributed by atoms with E-state index in [1.807, 2.05) is 0 Å². The van der Waals surface area contributed by atoms with Gasteiger partial charge in [0, 0.05) is 0 Å². The fraction of sp³-hybridized carbons (Fsp3) is 0.500. The van der Waals surface area contributed by atoms with Crippen LogP contribution in [0.4, 0.5) is 9.59 Å². The van der Waals surface area contributed by atoms with E-state index in [1.165, 1.54) is 6.92 Å². The van der Waals surface area contributed by atoms with E-state index in [-0.39, 0.29) is 154 Å². The zero-order valence-electron chi connectivity index (χ0n) is 7.88. The summed E-state index contributed by atoms with van der Waals surface area (Å²) in [6.45, 7) is 1.35. The molecule has 0 amide bonds. The van der Waals surface area contributed by atoms with E-state index in [9.17, 15) is 18.7 Å². The SMILES string of the molecule is CCOP(=O)(O)C(=O)O.O=C(O)P(=O)(O)O.[NaH].[NaH].[NaH].[NaH].[NaH]. The molecule has 10 nitrogen and oxygen atoms in total. The Bertz CT molecular complexity index is 357. The van der Waals surface area contributed by atoms with E-state index in [4.69, 9.17) is 24.9 Å². The molecule has 1 unspecified atom stereocenters. The Balaban J connectivity index is -0.0000000307. The number of hydrogen-bond donors (Lipinski definition) is 5. The minimum absolute atomic E-state index is 0. The summed E-state index contributed by atoms with van der Waals surface area (Å²) >= 11 is 0. The average Bonchev–Trinajstić information content (AvgIpc) is 2.02. The van der Waals surface area contributed by atoms with E-state index in [0.717, 1.165) is 0 Å². The van der Waals surface area contributed by atoms with Crippen molar-refractivity contribution in [2.75, 3.05) is 6.61 Å². The van der Waals surface area contributed by atoms with Crippen LogP contribution < -0.4 is 0 Å². The van der Waals surface area contributed by atoms with Crippen molar-refractivity contribution in [2.45, 2.75) is 6.92 Å². The first-order chi connectivity index (χ1) is 6.95. The zero-order chi connectivity index (χ0) is 13.6. The van der Waals surface area contributed by atoms with Crippen molar-refractivity contribution in [1.82, 2.24) is 0 Å². The minimum atomic E-state index is -4.82. The van der Waals surface area contributed by atoms with Crippen LogP contribution in [0, 0.1) is 0 Å². The molecule has 0 aromatic rings. The summed E-state index contributed by atoms with van der Waals surface area (Å²) < 4.78 is 23.7. The van der Waals surface area contributed by atoms with Crippen molar-refractivity contribution in [1.29, 1.82) is 0 Å². The molecule has 0 aliphatic heterocycles. The van der Waals surface area contributed by atoms with Crippen molar-refractivity contribution in [3.8, 4) is 0 Å². The summed E-state index contributed by atoms with van der Waals surface area (Å²) in [7, 11) is -9.17. The molecule has 0 spiro atoms. The molecule has 0 rings (SSSR count). The summed E-state index contributed by atoms with van der Waals surface area (Å²) in [5.74, 6) is 0. The van der Waals surface area contributed by atoms with Gasteiger partial charge >= 0.3 is 174 Å². The number of rotatable bonds is 4. The Kier molecular flexibility index (Phi) is 47.3. The maximum absolute atomic E-state index is 10.2. The standard InChI is InChI=1S/C3H7O5P.CH3O5P.5Na.5H/c1-2-8-9(6,7)3(4)5;2-1(3)7(4,5)6;;;;;;;;;;/h2H2,1H3,(H,4,5)(H,6,7);(H,2,3)(H2,4,5,6);;;;;;;;;;. The second kappa shape index (κ2) is 22.3. The molecule has 1 atom stereocenters. The molecule has 0 fully saturated rings. The van der Waals surface area contributed by atoms with Gasteiger partial charge in [0.15, 0.2) is 0 Å². The molecule has 21 heavy (non-hydrogen) atoms. The topological polar surface area (TPSA) is 179 Å². The average molecular weight is 400 g/mol. The summed E-state index contributed by atoms with van der Waals surface area (Å²) in [5.41, 5.74) is -3.91. The summed E-state index contributed by atoms with van der Waals surface area (Å²) in [6.07, 6.45) is 0. The van der Waals surface area contributed by atoms with Gasteiger partial charge in [-0.1, -0.05) is 0 Å². The molecule has 0 aliphatic carbocycles. The van der Waals surface area contributed by atoms with E-state index < -0.39 is 26.6 Å². The molecule has 0 bridgehead atoms. The third kappa shape index (κ3) is 29.3.